The average Bonchev–Trinajstić information content (AvgIpc) is 3.10. The number of fused-ring (bicyclic) bond motifs is 1. The molecule has 2 aliphatic heterocycles. The monoisotopic (exact) mass is 395 g/mol. The molecule has 29 heavy (non-hydrogen) atoms. The molecular weight excluding hydrogens is 374 g/mol. The van der Waals surface area contributed by atoms with Crippen molar-refractivity contribution in [3.8, 4) is 11.5 Å². The minimum Gasteiger partial charge on any atom is -0.486 e. The Labute approximate surface area is 167 Å². The van der Waals surface area contributed by atoms with E-state index >= 15 is 0 Å². The van der Waals surface area contributed by atoms with Gasteiger partial charge in [-0.2, -0.15) is 0 Å². The molecule has 0 unspecified atom stereocenters. The van der Waals surface area contributed by atoms with Crippen LogP contribution in [0.4, 0.5) is 17.1 Å². The molecule has 0 radical (unpaired) electrons. The Balaban J connectivity index is 1.41. The zero-order chi connectivity index (χ0) is 20.4. The number of carbonyl (C=O) groups is 3. The molecule has 0 aromatic heterocycles. The molecule has 8 nitrogen and oxygen atoms in total. The van der Waals surface area contributed by atoms with Crippen molar-refractivity contribution >= 4 is 34.8 Å². The first kappa shape index (κ1) is 18.8. The van der Waals surface area contributed by atoms with Crippen molar-refractivity contribution in [3.05, 3.63) is 42.5 Å². The molecule has 3 amide bonds. The summed E-state index contributed by atoms with van der Waals surface area (Å²) in [7, 11) is 0. The van der Waals surface area contributed by atoms with E-state index in [0.29, 0.717) is 48.3 Å². The number of amides is 3. The molecule has 2 aromatic carbocycles. The Morgan fingerprint density at radius 2 is 1.62 bits per heavy atom. The van der Waals surface area contributed by atoms with Crippen molar-refractivity contribution in [1.29, 1.82) is 0 Å². The molecule has 4 rings (SSSR count). The summed E-state index contributed by atoms with van der Waals surface area (Å²) in [6.45, 7) is 2.70. The first-order valence-corrected chi connectivity index (χ1v) is 9.38. The van der Waals surface area contributed by atoms with Crippen molar-refractivity contribution in [2.45, 2.75) is 13.3 Å². The number of anilines is 3. The number of carbonyl (C=O) groups excluding carboxylic acids is 3. The maximum absolute atomic E-state index is 12.6. The smallest absolute Gasteiger partial charge is 0.229 e. The molecule has 0 spiro atoms. The van der Waals surface area contributed by atoms with Gasteiger partial charge in [-0.1, -0.05) is 0 Å². The number of hydrogen-bond acceptors (Lipinski definition) is 5. The minimum absolute atomic E-state index is 0.108. The summed E-state index contributed by atoms with van der Waals surface area (Å²) in [6, 6.07) is 12.2. The third-order valence-electron chi connectivity index (χ3n) is 4.81. The molecule has 2 aromatic rings. The fourth-order valence-corrected chi connectivity index (χ4v) is 3.42. The van der Waals surface area contributed by atoms with Crippen LogP contribution in [-0.2, 0) is 14.4 Å². The number of hydrogen-bond donors (Lipinski definition) is 2. The largest absolute Gasteiger partial charge is 0.486 e. The van der Waals surface area contributed by atoms with Gasteiger partial charge in [0.05, 0.1) is 5.92 Å². The van der Waals surface area contributed by atoms with Crippen molar-refractivity contribution in [2.24, 2.45) is 5.92 Å². The van der Waals surface area contributed by atoms with E-state index in [4.69, 9.17) is 9.47 Å². The van der Waals surface area contributed by atoms with Crippen LogP contribution in [0.3, 0.4) is 0 Å². The number of benzene rings is 2. The Bertz CT molecular complexity index is 957. The van der Waals surface area contributed by atoms with Crippen LogP contribution in [0.1, 0.15) is 13.3 Å². The lowest BCUT2D eigenvalue weighted by Gasteiger charge is -2.22. The van der Waals surface area contributed by atoms with Crippen LogP contribution < -0.4 is 25.0 Å². The summed E-state index contributed by atoms with van der Waals surface area (Å²) in [4.78, 5) is 37.8. The van der Waals surface area contributed by atoms with E-state index in [1.54, 1.807) is 47.4 Å². The lowest BCUT2D eigenvalue weighted by atomic mass is 10.1. The summed E-state index contributed by atoms with van der Waals surface area (Å²) in [5.41, 5.74) is 1.94. The summed E-state index contributed by atoms with van der Waals surface area (Å²) in [5, 5.41) is 5.50. The molecule has 2 N–H and O–H groups in total. The van der Waals surface area contributed by atoms with Crippen LogP contribution in [-0.4, -0.2) is 37.5 Å². The molecule has 1 atom stereocenters. The predicted molar refractivity (Wildman–Crippen MR) is 107 cm³/mol. The van der Waals surface area contributed by atoms with Gasteiger partial charge < -0.3 is 25.0 Å². The predicted octanol–water partition coefficient (Wildman–Crippen LogP) is 2.41. The maximum Gasteiger partial charge on any atom is 0.229 e. The van der Waals surface area contributed by atoms with E-state index in [-0.39, 0.29) is 24.1 Å². The standard InChI is InChI=1S/C21H21N3O5/c1-13(25)22-15-2-4-16(5-3-15)23-21(27)14-10-20(26)24(12-14)17-6-7-18-19(11-17)29-9-8-28-18/h2-7,11,14H,8-10,12H2,1H3,(H,22,25)(H,23,27)/t14-/m1/s1. The number of ether oxygens (including phenoxy) is 2. The van der Waals surface area contributed by atoms with Crippen molar-refractivity contribution in [2.75, 3.05) is 35.3 Å². The van der Waals surface area contributed by atoms with E-state index < -0.39 is 5.92 Å². The quantitative estimate of drug-likeness (QED) is 0.829. The van der Waals surface area contributed by atoms with Gasteiger partial charge in [-0.3, -0.25) is 14.4 Å². The second-order valence-electron chi connectivity index (χ2n) is 6.98. The highest BCUT2D eigenvalue weighted by Crippen LogP contribution is 2.36. The Kier molecular flexibility index (Phi) is 5.07. The molecule has 0 bridgehead atoms. The van der Waals surface area contributed by atoms with Crippen LogP contribution >= 0.6 is 0 Å². The number of nitrogens with zero attached hydrogens (tertiary/aromatic N) is 1. The third-order valence-corrected chi connectivity index (χ3v) is 4.81. The van der Waals surface area contributed by atoms with Gasteiger partial charge in [0.25, 0.3) is 0 Å². The highest BCUT2D eigenvalue weighted by Gasteiger charge is 2.35. The topological polar surface area (TPSA) is 97.0 Å². The fraction of sp³-hybridized carbons (Fsp3) is 0.286. The van der Waals surface area contributed by atoms with Crippen molar-refractivity contribution in [3.63, 3.8) is 0 Å². The second-order valence-corrected chi connectivity index (χ2v) is 6.98. The summed E-state index contributed by atoms with van der Waals surface area (Å²) >= 11 is 0. The minimum atomic E-state index is -0.453. The van der Waals surface area contributed by atoms with E-state index in [2.05, 4.69) is 10.6 Å². The molecule has 0 saturated carbocycles. The summed E-state index contributed by atoms with van der Waals surface area (Å²) < 4.78 is 11.1. The Hall–Kier alpha value is -3.55. The Morgan fingerprint density at radius 3 is 2.31 bits per heavy atom. The van der Waals surface area contributed by atoms with Crippen LogP contribution in [0.25, 0.3) is 0 Å². The first-order valence-electron chi connectivity index (χ1n) is 9.38. The number of rotatable bonds is 4. The highest BCUT2D eigenvalue weighted by molar-refractivity contribution is 6.03. The lowest BCUT2D eigenvalue weighted by Crippen LogP contribution is -2.28. The Morgan fingerprint density at radius 1 is 0.966 bits per heavy atom. The van der Waals surface area contributed by atoms with Crippen molar-refractivity contribution < 1.29 is 23.9 Å². The molecule has 1 fully saturated rings. The molecule has 2 aliphatic rings. The molecule has 8 heteroatoms. The zero-order valence-electron chi connectivity index (χ0n) is 15.9. The molecular formula is C21H21N3O5. The molecule has 0 aliphatic carbocycles. The van der Waals surface area contributed by atoms with Crippen LogP contribution in [0.2, 0.25) is 0 Å². The maximum atomic E-state index is 12.6. The van der Waals surface area contributed by atoms with Crippen LogP contribution in [0, 0.1) is 5.92 Å². The van der Waals surface area contributed by atoms with Gasteiger partial charge in [0.15, 0.2) is 11.5 Å². The molecule has 2 heterocycles. The van der Waals surface area contributed by atoms with Crippen LogP contribution in [0.15, 0.2) is 42.5 Å². The highest BCUT2D eigenvalue weighted by atomic mass is 16.6. The van der Waals surface area contributed by atoms with Crippen molar-refractivity contribution in [1.82, 2.24) is 0 Å². The van der Waals surface area contributed by atoms with E-state index in [1.807, 2.05) is 0 Å². The lowest BCUT2D eigenvalue weighted by molar-refractivity contribution is -0.122. The van der Waals surface area contributed by atoms with E-state index in [0.717, 1.165) is 0 Å². The fourth-order valence-electron chi connectivity index (χ4n) is 3.42. The van der Waals surface area contributed by atoms with Gasteiger partial charge in [-0.15, -0.1) is 0 Å². The van der Waals surface area contributed by atoms with Gasteiger partial charge in [0, 0.05) is 43.0 Å². The van der Waals surface area contributed by atoms with E-state index in [1.165, 1.54) is 6.92 Å². The molecule has 1 saturated heterocycles. The SMILES string of the molecule is CC(=O)Nc1ccc(NC(=O)[C@@H]2CC(=O)N(c3ccc4c(c3)OCCO4)C2)cc1. The first-order chi connectivity index (χ1) is 14.0. The molecule has 150 valence electrons. The van der Waals surface area contributed by atoms with Gasteiger partial charge in [-0.25, -0.2) is 0 Å². The van der Waals surface area contributed by atoms with Gasteiger partial charge >= 0.3 is 0 Å². The van der Waals surface area contributed by atoms with Gasteiger partial charge in [-0.05, 0) is 36.4 Å². The second kappa shape index (κ2) is 7.83. The van der Waals surface area contributed by atoms with Gasteiger partial charge in [0.2, 0.25) is 17.7 Å². The summed E-state index contributed by atoms with van der Waals surface area (Å²) in [6.07, 6.45) is 0.143. The van der Waals surface area contributed by atoms with E-state index in [9.17, 15) is 14.4 Å². The van der Waals surface area contributed by atoms with Gasteiger partial charge in [0.1, 0.15) is 13.2 Å². The third kappa shape index (κ3) is 4.16. The number of nitrogens with one attached hydrogen (secondary N) is 2. The summed E-state index contributed by atoms with van der Waals surface area (Å²) in [5.74, 6) is 0.321. The zero-order valence-corrected chi connectivity index (χ0v) is 15.9. The van der Waals surface area contributed by atoms with Crippen LogP contribution in [0.5, 0.6) is 11.5 Å². The average molecular weight is 395 g/mol. The normalized spacial score (nSPS) is 17.8.